The van der Waals surface area contributed by atoms with Crippen LogP contribution in [0.25, 0.3) is 27.5 Å². The fourth-order valence-electron chi connectivity index (χ4n) is 3.25. The lowest BCUT2D eigenvalue weighted by Crippen LogP contribution is -2.35. The van der Waals surface area contributed by atoms with Crippen molar-refractivity contribution in [2.45, 2.75) is 32.0 Å². The average molecular weight is 459 g/mol. The lowest BCUT2D eigenvalue weighted by molar-refractivity contribution is -0.126. The first-order valence-corrected chi connectivity index (χ1v) is 10.9. The summed E-state index contributed by atoms with van der Waals surface area (Å²) in [4.78, 5) is 22.8. The van der Waals surface area contributed by atoms with E-state index < -0.39 is 18.8 Å². The Morgan fingerprint density at radius 2 is 2.09 bits per heavy atom. The van der Waals surface area contributed by atoms with Gasteiger partial charge in [0.15, 0.2) is 11.4 Å². The number of carbonyl (C=O) groups is 1. The SMILES string of the molecule is C[C@@H](CCC(=O)c1ccnc(-c2cnn3ccc(-c4cccs4)nc23)c1)NCC(F)(F)F. The van der Waals surface area contributed by atoms with Gasteiger partial charge in [0, 0.05) is 30.4 Å². The molecular formula is C22H20F3N5OS. The van der Waals surface area contributed by atoms with E-state index in [1.165, 1.54) is 0 Å². The Bertz CT molecular complexity index is 1220. The van der Waals surface area contributed by atoms with Crippen molar-refractivity contribution >= 4 is 22.8 Å². The Labute approximate surface area is 186 Å². The summed E-state index contributed by atoms with van der Waals surface area (Å²) in [6.45, 7) is 0.559. The van der Waals surface area contributed by atoms with E-state index in [0.29, 0.717) is 28.9 Å². The summed E-state index contributed by atoms with van der Waals surface area (Å²) in [5, 5.41) is 8.70. The van der Waals surface area contributed by atoms with Gasteiger partial charge < -0.3 is 5.32 Å². The summed E-state index contributed by atoms with van der Waals surface area (Å²) in [6.07, 6.45) is 1.18. The second-order valence-electron chi connectivity index (χ2n) is 7.41. The van der Waals surface area contributed by atoms with Gasteiger partial charge in [0.05, 0.1) is 34.6 Å². The number of pyridine rings is 1. The van der Waals surface area contributed by atoms with Crippen LogP contribution in [0.1, 0.15) is 30.1 Å². The number of Topliss-reactive ketones (excluding diaryl/α,β-unsaturated/α-hetero) is 1. The molecule has 0 aliphatic carbocycles. The van der Waals surface area contributed by atoms with Crippen LogP contribution < -0.4 is 5.32 Å². The Kier molecular flexibility index (Phi) is 6.33. The van der Waals surface area contributed by atoms with Crippen LogP contribution in [0.4, 0.5) is 13.2 Å². The lowest BCUT2D eigenvalue weighted by atomic mass is 10.0. The minimum absolute atomic E-state index is 0.130. The fraction of sp³-hybridized carbons (Fsp3) is 0.273. The molecule has 4 aromatic rings. The molecule has 0 amide bonds. The van der Waals surface area contributed by atoms with Gasteiger partial charge >= 0.3 is 6.18 Å². The maximum Gasteiger partial charge on any atom is 0.401 e. The van der Waals surface area contributed by atoms with Gasteiger partial charge in [-0.1, -0.05) is 6.07 Å². The summed E-state index contributed by atoms with van der Waals surface area (Å²) in [5.74, 6) is -0.155. The average Bonchev–Trinajstić information content (AvgIpc) is 3.45. The van der Waals surface area contributed by atoms with Crippen LogP contribution in [0.5, 0.6) is 0 Å². The molecule has 4 heterocycles. The highest BCUT2D eigenvalue weighted by Gasteiger charge is 2.27. The van der Waals surface area contributed by atoms with Crippen molar-refractivity contribution in [3.05, 3.63) is 59.9 Å². The Balaban J connectivity index is 1.51. The molecule has 166 valence electrons. The summed E-state index contributed by atoms with van der Waals surface area (Å²) >= 11 is 1.59. The molecule has 0 unspecified atom stereocenters. The van der Waals surface area contributed by atoms with Crippen LogP contribution in [0.3, 0.4) is 0 Å². The van der Waals surface area contributed by atoms with Crippen LogP contribution in [-0.2, 0) is 0 Å². The van der Waals surface area contributed by atoms with Crippen molar-refractivity contribution in [2.75, 3.05) is 6.54 Å². The fourth-order valence-corrected chi connectivity index (χ4v) is 3.94. The standard InChI is InChI=1S/C22H20F3N5OS/c1-14(27-13-22(23,24)25)4-5-19(31)15-6-8-26-18(11-15)16-12-28-30-9-7-17(29-21(16)30)20-3-2-10-32-20/h2-3,6-12,14,27H,4-5,13H2,1H3/t14-/m0/s1. The molecule has 1 atom stereocenters. The minimum Gasteiger partial charge on any atom is -0.306 e. The Morgan fingerprint density at radius 1 is 1.25 bits per heavy atom. The highest BCUT2D eigenvalue weighted by molar-refractivity contribution is 7.13. The number of ketones is 1. The van der Waals surface area contributed by atoms with E-state index in [1.54, 1.807) is 47.3 Å². The highest BCUT2D eigenvalue weighted by atomic mass is 32.1. The maximum absolute atomic E-state index is 12.6. The van der Waals surface area contributed by atoms with E-state index in [0.717, 1.165) is 10.6 Å². The van der Waals surface area contributed by atoms with Gasteiger partial charge in [0.2, 0.25) is 0 Å². The number of nitrogens with one attached hydrogen (secondary N) is 1. The molecule has 0 fully saturated rings. The molecule has 4 rings (SSSR count). The van der Waals surface area contributed by atoms with E-state index in [1.807, 2.05) is 29.8 Å². The van der Waals surface area contributed by atoms with Crippen molar-refractivity contribution in [1.82, 2.24) is 24.9 Å². The van der Waals surface area contributed by atoms with Crippen LogP contribution in [0, 0.1) is 0 Å². The quantitative estimate of drug-likeness (QED) is 0.375. The van der Waals surface area contributed by atoms with Crippen molar-refractivity contribution < 1.29 is 18.0 Å². The van der Waals surface area contributed by atoms with E-state index in [-0.39, 0.29) is 12.2 Å². The van der Waals surface area contributed by atoms with E-state index >= 15 is 0 Å². The molecule has 0 aliphatic rings. The third-order valence-electron chi connectivity index (χ3n) is 4.96. The van der Waals surface area contributed by atoms with Gasteiger partial charge in [0.1, 0.15) is 0 Å². The normalized spacial score (nSPS) is 12.9. The summed E-state index contributed by atoms with van der Waals surface area (Å²) < 4.78 is 38.6. The van der Waals surface area contributed by atoms with Gasteiger partial charge in [-0.2, -0.15) is 18.3 Å². The van der Waals surface area contributed by atoms with E-state index in [9.17, 15) is 18.0 Å². The molecule has 0 aromatic carbocycles. The molecule has 0 bridgehead atoms. The lowest BCUT2D eigenvalue weighted by Gasteiger charge is -2.15. The second-order valence-corrected chi connectivity index (χ2v) is 8.35. The molecule has 10 heteroatoms. The van der Waals surface area contributed by atoms with Gasteiger partial charge in [-0.25, -0.2) is 9.50 Å². The molecular weight excluding hydrogens is 439 g/mol. The number of hydrogen-bond donors (Lipinski definition) is 1. The molecule has 4 aromatic heterocycles. The first-order valence-electron chi connectivity index (χ1n) is 9.98. The number of halogens is 3. The number of aromatic nitrogens is 4. The van der Waals surface area contributed by atoms with Crippen molar-refractivity contribution in [3.63, 3.8) is 0 Å². The number of alkyl halides is 3. The van der Waals surface area contributed by atoms with Crippen LogP contribution in [0.2, 0.25) is 0 Å². The van der Waals surface area contributed by atoms with Crippen LogP contribution in [0.15, 0.2) is 54.3 Å². The summed E-state index contributed by atoms with van der Waals surface area (Å²) in [6, 6.07) is 8.68. The number of nitrogens with zero attached hydrogens (tertiary/aromatic N) is 4. The molecule has 0 aliphatic heterocycles. The first kappa shape index (κ1) is 22.1. The van der Waals surface area contributed by atoms with Crippen LogP contribution in [-0.4, -0.2) is 44.1 Å². The molecule has 0 spiro atoms. The number of hydrogen-bond acceptors (Lipinski definition) is 6. The molecule has 32 heavy (non-hydrogen) atoms. The van der Waals surface area contributed by atoms with Crippen LogP contribution >= 0.6 is 11.3 Å². The highest BCUT2D eigenvalue weighted by Crippen LogP contribution is 2.27. The number of fused-ring (bicyclic) bond motifs is 1. The first-order chi connectivity index (χ1) is 15.3. The van der Waals surface area contributed by atoms with Gasteiger partial charge in [-0.15, -0.1) is 11.3 Å². The van der Waals surface area contributed by atoms with Gasteiger partial charge in [-0.05, 0) is 43.0 Å². The molecule has 1 N–H and O–H groups in total. The predicted octanol–water partition coefficient (Wildman–Crippen LogP) is 5.02. The second kappa shape index (κ2) is 9.17. The Hall–Kier alpha value is -3.11. The number of rotatable bonds is 8. The van der Waals surface area contributed by atoms with E-state index in [2.05, 4.69) is 15.4 Å². The minimum atomic E-state index is -4.27. The van der Waals surface area contributed by atoms with Crippen molar-refractivity contribution in [3.8, 4) is 21.8 Å². The zero-order valence-corrected chi connectivity index (χ0v) is 18.0. The third kappa shape index (κ3) is 5.20. The Morgan fingerprint density at radius 3 is 2.84 bits per heavy atom. The molecule has 0 radical (unpaired) electrons. The van der Waals surface area contributed by atoms with E-state index in [4.69, 9.17) is 4.98 Å². The monoisotopic (exact) mass is 459 g/mol. The van der Waals surface area contributed by atoms with Crippen molar-refractivity contribution in [1.29, 1.82) is 0 Å². The molecule has 0 saturated carbocycles. The maximum atomic E-state index is 12.6. The van der Waals surface area contributed by atoms with Gasteiger partial charge in [-0.3, -0.25) is 9.78 Å². The number of thiophene rings is 1. The third-order valence-corrected chi connectivity index (χ3v) is 5.85. The smallest absolute Gasteiger partial charge is 0.306 e. The zero-order valence-electron chi connectivity index (χ0n) is 17.1. The number of carbonyl (C=O) groups excluding carboxylic acids is 1. The summed E-state index contributed by atoms with van der Waals surface area (Å²) in [7, 11) is 0. The zero-order chi connectivity index (χ0) is 22.7. The van der Waals surface area contributed by atoms with Crippen molar-refractivity contribution in [2.24, 2.45) is 0 Å². The largest absolute Gasteiger partial charge is 0.401 e. The molecule has 6 nitrogen and oxygen atoms in total. The summed E-state index contributed by atoms with van der Waals surface area (Å²) in [5.41, 5.74) is 3.15. The topological polar surface area (TPSA) is 72.2 Å². The van der Waals surface area contributed by atoms with Gasteiger partial charge in [0.25, 0.3) is 0 Å². The molecule has 0 saturated heterocycles. The predicted molar refractivity (Wildman–Crippen MR) is 117 cm³/mol.